The van der Waals surface area contributed by atoms with Gasteiger partial charge in [0.2, 0.25) is 0 Å². The van der Waals surface area contributed by atoms with Crippen LogP contribution in [0.1, 0.15) is 33.3 Å². The number of amides is 1. The molecule has 1 unspecified atom stereocenters. The van der Waals surface area contributed by atoms with Crippen LogP contribution in [0.25, 0.3) is 0 Å². The van der Waals surface area contributed by atoms with Crippen LogP contribution in [0.15, 0.2) is 22.7 Å². The second-order valence-electron chi connectivity index (χ2n) is 5.88. The summed E-state index contributed by atoms with van der Waals surface area (Å²) in [5, 5.41) is 11.6. The van der Waals surface area contributed by atoms with Crippen LogP contribution < -0.4 is 5.32 Å². The Hall–Kier alpha value is -1.56. The molecule has 0 bridgehead atoms. The number of hydrogen-bond acceptors (Lipinski definition) is 3. The maximum Gasteiger partial charge on any atom is 0.412 e. The Morgan fingerprint density at radius 2 is 2.00 bits per heavy atom. The molecule has 1 aromatic rings. The number of carbonyl (C=O) groups excluding carboxylic acids is 1. The summed E-state index contributed by atoms with van der Waals surface area (Å²) in [5.41, 5.74) is 0.810. The van der Waals surface area contributed by atoms with E-state index in [4.69, 9.17) is 9.84 Å². The average molecular weight is 358 g/mol. The van der Waals surface area contributed by atoms with Crippen LogP contribution in [-0.4, -0.2) is 22.8 Å². The van der Waals surface area contributed by atoms with Crippen LogP contribution in [0, 0.1) is 5.92 Å². The summed E-state index contributed by atoms with van der Waals surface area (Å²) in [6, 6.07) is 5.34. The lowest BCUT2D eigenvalue weighted by Crippen LogP contribution is -2.27. The second-order valence-corrected chi connectivity index (χ2v) is 6.74. The molecular formula is C15H20BrNO4. The Labute approximate surface area is 132 Å². The van der Waals surface area contributed by atoms with Crippen molar-refractivity contribution in [2.45, 2.75) is 39.7 Å². The normalized spacial score (nSPS) is 12.6. The van der Waals surface area contributed by atoms with E-state index < -0.39 is 23.6 Å². The van der Waals surface area contributed by atoms with Gasteiger partial charge in [-0.05, 0) is 60.8 Å². The molecule has 0 aliphatic heterocycles. The van der Waals surface area contributed by atoms with Crippen molar-refractivity contribution in [3.63, 3.8) is 0 Å². The molecule has 1 atom stereocenters. The highest BCUT2D eigenvalue weighted by atomic mass is 79.9. The number of benzene rings is 1. The zero-order valence-corrected chi connectivity index (χ0v) is 14.2. The molecule has 2 N–H and O–H groups in total. The van der Waals surface area contributed by atoms with Gasteiger partial charge in [0, 0.05) is 4.47 Å². The highest BCUT2D eigenvalue weighted by Crippen LogP contribution is 2.25. The Bertz CT molecular complexity index is 537. The van der Waals surface area contributed by atoms with Gasteiger partial charge in [0.15, 0.2) is 0 Å². The molecular weight excluding hydrogens is 338 g/mol. The number of carboxylic acids is 1. The van der Waals surface area contributed by atoms with Gasteiger partial charge in [-0.15, -0.1) is 0 Å². The van der Waals surface area contributed by atoms with Crippen molar-refractivity contribution in [3.8, 4) is 0 Å². The van der Waals surface area contributed by atoms with Gasteiger partial charge in [-0.25, -0.2) is 4.79 Å². The van der Waals surface area contributed by atoms with Crippen molar-refractivity contribution < 1.29 is 19.4 Å². The number of anilines is 1. The summed E-state index contributed by atoms with van der Waals surface area (Å²) in [5.74, 6) is -1.33. The van der Waals surface area contributed by atoms with E-state index in [0.29, 0.717) is 16.6 Å². The molecule has 0 heterocycles. The van der Waals surface area contributed by atoms with E-state index in [9.17, 15) is 9.59 Å². The van der Waals surface area contributed by atoms with Gasteiger partial charge in [0.05, 0.1) is 11.6 Å². The van der Waals surface area contributed by atoms with E-state index in [1.165, 1.54) is 0 Å². The van der Waals surface area contributed by atoms with E-state index in [1.54, 1.807) is 39.8 Å². The maximum absolute atomic E-state index is 11.8. The van der Waals surface area contributed by atoms with Gasteiger partial charge < -0.3 is 9.84 Å². The van der Waals surface area contributed by atoms with Gasteiger partial charge in [-0.3, -0.25) is 10.1 Å². The molecule has 5 nitrogen and oxygen atoms in total. The molecule has 0 aliphatic rings. The second kappa shape index (κ2) is 6.93. The zero-order chi connectivity index (χ0) is 16.2. The van der Waals surface area contributed by atoms with Crippen molar-refractivity contribution >= 4 is 33.7 Å². The Kier molecular flexibility index (Phi) is 5.78. The number of carbonyl (C=O) groups is 2. The maximum atomic E-state index is 11.8. The first-order chi connectivity index (χ1) is 9.58. The third kappa shape index (κ3) is 6.16. The fourth-order valence-electron chi connectivity index (χ4n) is 1.65. The van der Waals surface area contributed by atoms with Crippen molar-refractivity contribution in [1.29, 1.82) is 0 Å². The minimum Gasteiger partial charge on any atom is -0.481 e. The first-order valence-electron chi connectivity index (χ1n) is 6.59. The Morgan fingerprint density at radius 1 is 1.38 bits per heavy atom. The van der Waals surface area contributed by atoms with Crippen molar-refractivity contribution in [2.75, 3.05) is 5.32 Å². The minimum absolute atomic E-state index is 0.394. The summed E-state index contributed by atoms with van der Waals surface area (Å²) < 4.78 is 5.90. The fourth-order valence-corrected chi connectivity index (χ4v) is 2.00. The monoisotopic (exact) mass is 357 g/mol. The third-order valence-corrected chi connectivity index (χ3v) is 3.32. The summed E-state index contributed by atoms with van der Waals surface area (Å²) in [6.07, 6.45) is -0.155. The predicted molar refractivity (Wildman–Crippen MR) is 84.5 cm³/mol. The summed E-state index contributed by atoms with van der Waals surface area (Å²) in [6.45, 7) is 7.00. The molecule has 1 amide bonds. The van der Waals surface area contributed by atoms with Gasteiger partial charge in [0.1, 0.15) is 5.60 Å². The standard InChI is InChI=1S/C15H20BrNO4/c1-9(13(18)19)7-10-5-6-11(16)12(8-10)17-14(20)21-15(2,3)4/h5-6,8-9H,7H2,1-4H3,(H,17,20)(H,18,19). The number of ether oxygens (including phenoxy) is 1. The van der Waals surface area contributed by atoms with Gasteiger partial charge in [-0.1, -0.05) is 13.0 Å². The summed E-state index contributed by atoms with van der Waals surface area (Å²) in [4.78, 5) is 22.7. The van der Waals surface area contributed by atoms with Gasteiger partial charge in [-0.2, -0.15) is 0 Å². The van der Waals surface area contributed by atoms with Crippen LogP contribution in [0.5, 0.6) is 0 Å². The van der Waals surface area contributed by atoms with Crippen molar-refractivity contribution in [3.05, 3.63) is 28.2 Å². The van der Waals surface area contributed by atoms with Crippen LogP contribution in [0.2, 0.25) is 0 Å². The van der Waals surface area contributed by atoms with E-state index in [1.807, 2.05) is 6.07 Å². The lowest BCUT2D eigenvalue weighted by atomic mass is 10.0. The van der Waals surface area contributed by atoms with E-state index >= 15 is 0 Å². The average Bonchev–Trinajstić information content (AvgIpc) is 2.30. The quantitative estimate of drug-likeness (QED) is 0.851. The number of halogens is 1. The topological polar surface area (TPSA) is 75.6 Å². The van der Waals surface area contributed by atoms with Crippen molar-refractivity contribution in [1.82, 2.24) is 0 Å². The van der Waals surface area contributed by atoms with E-state index in [0.717, 1.165) is 5.56 Å². The number of hydrogen-bond donors (Lipinski definition) is 2. The fraction of sp³-hybridized carbons (Fsp3) is 0.467. The Morgan fingerprint density at radius 3 is 2.52 bits per heavy atom. The van der Waals surface area contributed by atoms with E-state index in [-0.39, 0.29) is 0 Å². The molecule has 0 aliphatic carbocycles. The molecule has 116 valence electrons. The number of aliphatic carboxylic acids is 1. The van der Waals surface area contributed by atoms with Crippen LogP contribution >= 0.6 is 15.9 Å². The predicted octanol–water partition coefficient (Wildman–Crippen LogP) is 4.06. The highest BCUT2D eigenvalue weighted by Gasteiger charge is 2.18. The molecule has 1 aromatic carbocycles. The summed E-state index contributed by atoms with van der Waals surface area (Å²) >= 11 is 3.35. The lowest BCUT2D eigenvalue weighted by molar-refractivity contribution is -0.141. The highest BCUT2D eigenvalue weighted by molar-refractivity contribution is 9.10. The largest absolute Gasteiger partial charge is 0.481 e. The molecule has 0 spiro atoms. The summed E-state index contributed by atoms with van der Waals surface area (Å²) in [7, 11) is 0. The third-order valence-electron chi connectivity index (χ3n) is 2.63. The molecule has 0 fully saturated rings. The zero-order valence-electron chi connectivity index (χ0n) is 12.6. The molecule has 1 rings (SSSR count). The molecule has 0 aromatic heterocycles. The number of nitrogens with one attached hydrogen (secondary N) is 1. The minimum atomic E-state index is -0.848. The Balaban J connectivity index is 2.83. The van der Waals surface area contributed by atoms with Gasteiger partial charge >= 0.3 is 12.1 Å². The van der Waals surface area contributed by atoms with Crippen LogP contribution in [0.3, 0.4) is 0 Å². The van der Waals surface area contributed by atoms with Crippen molar-refractivity contribution in [2.24, 2.45) is 5.92 Å². The molecule has 0 saturated carbocycles. The number of rotatable bonds is 4. The molecule has 21 heavy (non-hydrogen) atoms. The van der Waals surface area contributed by atoms with Crippen LogP contribution in [-0.2, 0) is 16.0 Å². The smallest absolute Gasteiger partial charge is 0.412 e. The molecule has 6 heteroatoms. The van der Waals surface area contributed by atoms with Crippen LogP contribution in [0.4, 0.5) is 10.5 Å². The first kappa shape index (κ1) is 17.5. The molecule has 0 radical (unpaired) electrons. The van der Waals surface area contributed by atoms with Gasteiger partial charge in [0.25, 0.3) is 0 Å². The first-order valence-corrected chi connectivity index (χ1v) is 7.39. The van der Waals surface area contributed by atoms with E-state index in [2.05, 4.69) is 21.2 Å². The number of carboxylic acid groups (broad SMARTS) is 1. The lowest BCUT2D eigenvalue weighted by Gasteiger charge is -2.20. The SMILES string of the molecule is CC(Cc1ccc(Br)c(NC(=O)OC(C)(C)C)c1)C(=O)O. The molecule has 0 saturated heterocycles.